The first kappa shape index (κ1) is 15.1. The number of nitrogens with one attached hydrogen (secondary N) is 1. The van der Waals surface area contributed by atoms with Crippen LogP contribution in [0.2, 0.25) is 5.15 Å². The summed E-state index contributed by atoms with van der Waals surface area (Å²) in [5.41, 5.74) is 0.812. The molecule has 0 radical (unpaired) electrons. The summed E-state index contributed by atoms with van der Waals surface area (Å²) in [7, 11) is 3.12. The second-order valence-corrected chi connectivity index (χ2v) is 4.65. The number of hydrogen-bond acceptors (Lipinski definition) is 4. The number of benzene rings is 1. The van der Waals surface area contributed by atoms with E-state index < -0.39 is 0 Å². The van der Waals surface area contributed by atoms with Crippen LogP contribution in [0.3, 0.4) is 0 Å². The van der Waals surface area contributed by atoms with Crippen molar-refractivity contribution < 1.29 is 14.3 Å². The molecule has 1 aromatic heterocycles. The van der Waals surface area contributed by atoms with Crippen LogP contribution >= 0.6 is 11.6 Å². The van der Waals surface area contributed by atoms with Gasteiger partial charge < -0.3 is 14.8 Å². The van der Waals surface area contributed by atoms with Gasteiger partial charge in [0.2, 0.25) is 5.91 Å². The number of aromatic nitrogens is 1. The standard InChI is InChI=1S/C15H15ClN2O3/c1-20-11-7-6-10(8-12(11)21-2)9-15(19)18-14-5-3-4-13(16)17-14/h3-8H,9H2,1-2H3,(H,17,18,19). The van der Waals surface area contributed by atoms with E-state index >= 15 is 0 Å². The molecule has 0 atom stereocenters. The Morgan fingerprint density at radius 1 is 1.19 bits per heavy atom. The molecule has 6 heteroatoms. The first-order chi connectivity index (χ1) is 10.1. The minimum Gasteiger partial charge on any atom is -0.493 e. The summed E-state index contributed by atoms with van der Waals surface area (Å²) >= 11 is 5.77. The van der Waals surface area contributed by atoms with Crippen LogP contribution in [0.25, 0.3) is 0 Å². The van der Waals surface area contributed by atoms with Crippen LogP contribution in [-0.2, 0) is 11.2 Å². The lowest BCUT2D eigenvalue weighted by atomic mass is 10.1. The molecule has 5 nitrogen and oxygen atoms in total. The average Bonchev–Trinajstić information content (AvgIpc) is 2.47. The number of ether oxygens (including phenoxy) is 2. The molecule has 1 heterocycles. The summed E-state index contributed by atoms with van der Waals surface area (Å²) in [5.74, 6) is 1.45. The largest absolute Gasteiger partial charge is 0.493 e. The van der Waals surface area contributed by atoms with Crippen molar-refractivity contribution in [3.63, 3.8) is 0 Å². The first-order valence-electron chi connectivity index (χ1n) is 6.25. The monoisotopic (exact) mass is 306 g/mol. The normalized spacial score (nSPS) is 10.0. The molecule has 0 aliphatic rings. The highest BCUT2D eigenvalue weighted by Gasteiger charge is 2.09. The lowest BCUT2D eigenvalue weighted by Crippen LogP contribution is -2.15. The van der Waals surface area contributed by atoms with Gasteiger partial charge in [-0.05, 0) is 29.8 Å². The van der Waals surface area contributed by atoms with E-state index in [1.54, 1.807) is 44.6 Å². The molecular formula is C15H15ClN2O3. The Balaban J connectivity index is 2.06. The molecule has 0 aliphatic carbocycles. The third kappa shape index (κ3) is 4.10. The quantitative estimate of drug-likeness (QED) is 0.863. The van der Waals surface area contributed by atoms with Crippen molar-refractivity contribution >= 4 is 23.3 Å². The predicted molar refractivity (Wildman–Crippen MR) is 81.1 cm³/mol. The Morgan fingerprint density at radius 3 is 2.62 bits per heavy atom. The van der Waals surface area contributed by atoms with E-state index in [4.69, 9.17) is 21.1 Å². The van der Waals surface area contributed by atoms with Crippen LogP contribution in [0.15, 0.2) is 36.4 Å². The van der Waals surface area contributed by atoms with Gasteiger partial charge in [-0.1, -0.05) is 23.7 Å². The Morgan fingerprint density at radius 2 is 1.95 bits per heavy atom. The van der Waals surface area contributed by atoms with Crippen molar-refractivity contribution in [2.24, 2.45) is 0 Å². The minimum atomic E-state index is -0.183. The van der Waals surface area contributed by atoms with E-state index in [1.165, 1.54) is 0 Å². The van der Waals surface area contributed by atoms with Gasteiger partial charge in [0.15, 0.2) is 11.5 Å². The summed E-state index contributed by atoms with van der Waals surface area (Å²) in [5, 5.41) is 3.02. The zero-order chi connectivity index (χ0) is 15.2. The number of pyridine rings is 1. The molecule has 21 heavy (non-hydrogen) atoms. The molecule has 1 N–H and O–H groups in total. The number of rotatable bonds is 5. The zero-order valence-electron chi connectivity index (χ0n) is 11.7. The molecule has 0 unspecified atom stereocenters. The van der Waals surface area contributed by atoms with Gasteiger partial charge in [0.1, 0.15) is 11.0 Å². The number of amides is 1. The van der Waals surface area contributed by atoms with Crippen molar-refractivity contribution in [1.29, 1.82) is 0 Å². The molecular weight excluding hydrogens is 292 g/mol. The van der Waals surface area contributed by atoms with Gasteiger partial charge in [0, 0.05) is 0 Å². The number of carbonyl (C=O) groups is 1. The molecule has 110 valence electrons. The fraction of sp³-hybridized carbons (Fsp3) is 0.200. The van der Waals surface area contributed by atoms with E-state index in [9.17, 15) is 4.79 Å². The topological polar surface area (TPSA) is 60.5 Å². The van der Waals surface area contributed by atoms with Gasteiger partial charge in [0.05, 0.1) is 20.6 Å². The molecule has 1 amide bonds. The highest BCUT2D eigenvalue weighted by Crippen LogP contribution is 2.27. The van der Waals surface area contributed by atoms with Crippen molar-refractivity contribution in [3.8, 4) is 11.5 Å². The third-order valence-electron chi connectivity index (χ3n) is 2.80. The molecule has 0 aliphatic heterocycles. The second-order valence-electron chi connectivity index (χ2n) is 4.26. The molecule has 0 saturated heterocycles. The number of methoxy groups -OCH3 is 2. The molecule has 2 rings (SSSR count). The van der Waals surface area contributed by atoms with Crippen molar-refractivity contribution in [2.75, 3.05) is 19.5 Å². The lowest BCUT2D eigenvalue weighted by Gasteiger charge is -2.09. The van der Waals surface area contributed by atoms with E-state index in [-0.39, 0.29) is 12.3 Å². The van der Waals surface area contributed by atoms with Crippen LogP contribution in [-0.4, -0.2) is 25.1 Å². The Labute approximate surface area is 127 Å². The van der Waals surface area contributed by atoms with E-state index in [2.05, 4.69) is 10.3 Å². The summed E-state index contributed by atoms with van der Waals surface area (Å²) in [6.07, 6.45) is 0.203. The zero-order valence-corrected chi connectivity index (χ0v) is 12.5. The summed E-state index contributed by atoms with van der Waals surface area (Å²) in [6.45, 7) is 0. The third-order valence-corrected chi connectivity index (χ3v) is 3.01. The van der Waals surface area contributed by atoms with Crippen molar-refractivity contribution in [2.45, 2.75) is 6.42 Å². The van der Waals surface area contributed by atoms with Gasteiger partial charge in [-0.15, -0.1) is 0 Å². The van der Waals surface area contributed by atoms with Crippen LogP contribution in [0.1, 0.15) is 5.56 Å². The fourth-order valence-corrected chi connectivity index (χ4v) is 2.00. The SMILES string of the molecule is COc1ccc(CC(=O)Nc2cccc(Cl)n2)cc1OC. The average molecular weight is 307 g/mol. The van der Waals surface area contributed by atoms with E-state index in [0.29, 0.717) is 22.5 Å². The van der Waals surface area contributed by atoms with Gasteiger partial charge >= 0.3 is 0 Å². The summed E-state index contributed by atoms with van der Waals surface area (Å²) in [6, 6.07) is 10.4. The van der Waals surface area contributed by atoms with Crippen LogP contribution < -0.4 is 14.8 Å². The van der Waals surface area contributed by atoms with Gasteiger partial charge in [-0.3, -0.25) is 4.79 Å². The number of anilines is 1. The van der Waals surface area contributed by atoms with Crippen LogP contribution in [0, 0.1) is 0 Å². The number of carbonyl (C=O) groups excluding carboxylic acids is 1. The lowest BCUT2D eigenvalue weighted by molar-refractivity contribution is -0.115. The predicted octanol–water partition coefficient (Wildman–Crippen LogP) is 2.93. The van der Waals surface area contributed by atoms with Gasteiger partial charge in [0.25, 0.3) is 0 Å². The summed E-state index contributed by atoms with van der Waals surface area (Å²) < 4.78 is 10.4. The maximum absolute atomic E-state index is 12.0. The van der Waals surface area contributed by atoms with Gasteiger partial charge in [-0.2, -0.15) is 0 Å². The molecule has 0 bridgehead atoms. The second kappa shape index (κ2) is 6.95. The highest BCUT2D eigenvalue weighted by molar-refractivity contribution is 6.29. The maximum atomic E-state index is 12.0. The Kier molecular flexibility index (Phi) is 5.00. The minimum absolute atomic E-state index is 0.183. The number of nitrogens with zero attached hydrogens (tertiary/aromatic N) is 1. The molecule has 1 aromatic carbocycles. The van der Waals surface area contributed by atoms with E-state index in [0.717, 1.165) is 5.56 Å². The van der Waals surface area contributed by atoms with Gasteiger partial charge in [-0.25, -0.2) is 4.98 Å². The molecule has 0 fully saturated rings. The van der Waals surface area contributed by atoms with Crippen LogP contribution in [0.4, 0.5) is 5.82 Å². The first-order valence-corrected chi connectivity index (χ1v) is 6.63. The maximum Gasteiger partial charge on any atom is 0.229 e. The van der Waals surface area contributed by atoms with E-state index in [1.807, 2.05) is 6.07 Å². The Hall–Kier alpha value is -2.27. The van der Waals surface area contributed by atoms with Crippen molar-refractivity contribution in [1.82, 2.24) is 4.98 Å². The molecule has 0 spiro atoms. The highest BCUT2D eigenvalue weighted by atomic mass is 35.5. The summed E-state index contributed by atoms with van der Waals surface area (Å²) in [4.78, 5) is 16.0. The number of hydrogen-bond donors (Lipinski definition) is 1. The molecule has 2 aromatic rings. The number of halogens is 1. The molecule has 0 saturated carbocycles. The van der Waals surface area contributed by atoms with Crippen LogP contribution in [0.5, 0.6) is 11.5 Å². The smallest absolute Gasteiger partial charge is 0.229 e. The Bertz CT molecular complexity index is 647. The fourth-order valence-electron chi connectivity index (χ4n) is 1.84. The van der Waals surface area contributed by atoms with Crippen molar-refractivity contribution in [3.05, 3.63) is 47.1 Å².